The second-order valence-electron chi connectivity index (χ2n) is 6.85. The van der Waals surface area contributed by atoms with Crippen molar-refractivity contribution in [1.29, 1.82) is 0 Å². The SMILES string of the molecule is CCOc1cccc(NC(=O)N2CCC(CN3CCCCC3)C2)c1. The molecule has 0 bridgehead atoms. The van der Waals surface area contributed by atoms with Crippen LogP contribution in [0.25, 0.3) is 0 Å². The molecule has 2 amide bonds. The normalized spacial score (nSPS) is 21.7. The summed E-state index contributed by atoms with van der Waals surface area (Å²) in [5, 5.41) is 3.00. The number of rotatable bonds is 5. The van der Waals surface area contributed by atoms with Crippen molar-refractivity contribution in [3.05, 3.63) is 24.3 Å². The molecular formula is C19H29N3O2. The van der Waals surface area contributed by atoms with E-state index in [-0.39, 0.29) is 6.03 Å². The molecular weight excluding hydrogens is 302 g/mol. The number of hydrogen-bond donors (Lipinski definition) is 1. The smallest absolute Gasteiger partial charge is 0.321 e. The molecule has 1 N–H and O–H groups in total. The van der Waals surface area contributed by atoms with Gasteiger partial charge >= 0.3 is 6.03 Å². The first-order valence-corrected chi connectivity index (χ1v) is 9.25. The number of amides is 2. The van der Waals surface area contributed by atoms with Crippen LogP contribution in [0, 0.1) is 5.92 Å². The van der Waals surface area contributed by atoms with Crippen LogP contribution in [0.2, 0.25) is 0 Å². The molecule has 0 radical (unpaired) electrons. The zero-order valence-electron chi connectivity index (χ0n) is 14.7. The predicted molar refractivity (Wildman–Crippen MR) is 96.6 cm³/mol. The molecule has 2 aliphatic heterocycles. The molecule has 2 heterocycles. The van der Waals surface area contributed by atoms with Gasteiger partial charge in [-0.2, -0.15) is 0 Å². The summed E-state index contributed by atoms with van der Waals surface area (Å²) in [7, 11) is 0. The van der Waals surface area contributed by atoms with Crippen LogP contribution < -0.4 is 10.1 Å². The minimum atomic E-state index is 0.00444. The van der Waals surface area contributed by atoms with Crippen molar-refractivity contribution in [3.63, 3.8) is 0 Å². The van der Waals surface area contributed by atoms with Crippen LogP contribution in [0.5, 0.6) is 5.75 Å². The van der Waals surface area contributed by atoms with Gasteiger partial charge < -0.3 is 19.9 Å². The van der Waals surface area contributed by atoms with E-state index in [0.29, 0.717) is 12.5 Å². The van der Waals surface area contributed by atoms with Gasteiger partial charge in [0, 0.05) is 31.4 Å². The highest BCUT2D eigenvalue weighted by molar-refractivity contribution is 5.89. The molecule has 3 rings (SSSR count). The fourth-order valence-corrected chi connectivity index (χ4v) is 3.71. The van der Waals surface area contributed by atoms with E-state index in [0.717, 1.165) is 37.5 Å². The molecule has 1 unspecified atom stereocenters. The second-order valence-corrected chi connectivity index (χ2v) is 6.85. The van der Waals surface area contributed by atoms with E-state index in [9.17, 15) is 4.79 Å². The van der Waals surface area contributed by atoms with E-state index in [1.807, 2.05) is 36.1 Å². The largest absolute Gasteiger partial charge is 0.494 e. The van der Waals surface area contributed by atoms with Gasteiger partial charge in [-0.1, -0.05) is 12.5 Å². The van der Waals surface area contributed by atoms with E-state index in [1.54, 1.807) is 0 Å². The van der Waals surface area contributed by atoms with Crippen LogP contribution >= 0.6 is 0 Å². The topological polar surface area (TPSA) is 44.8 Å². The number of piperidine rings is 1. The Balaban J connectivity index is 1.48. The molecule has 0 aromatic heterocycles. The van der Waals surface area contributed by atoms with E-state index >= 15 is 0 Å². The summed E-state index contributed by atoms with van der Waals surface area (Å²) >= 11 is 0. The van der Waals surface area contributed by atoms with Gasteiger partial charge in [0.25, 0.3) is 0 Å². The Kier molecular flexibility index (Phi) is 5.96. The van der Waals surface area contributed by atoms with Gasteiger partial charge in [-0.15, -0.1) is 0 Å². The highest BCUT2D eigenvalue weighted by Gasteiger charge is 2.28. The number of ether oxygens (including phenoxy) is 1. The molecule has 1 aromatic rings. The summed E-state index contributed by atoms with van der Waals surface area (Å²) in [6, 6.07) is 7.60. The van der Waals surface area contributed by atoms with Crippen molar-refractivity contribution in [2.45, 2.75) is 32.6 Å². The zero-order valence-corrected chi connectivity index (χ0v) is 14.7. The lowest BCUT2D eigenvalue weighted by atomic mass is 10.1. The quantitative estimate of drug-likeness (QED) is 0.899. The van der Waals surface area contributed by atoms with E-state index < -0.39 is 0 Å². The molecule has 132 valence electrons. The van der Waals surface area contributed by atoms with Crippen molar-refractivity contribution in [2.24, 2.45) is 5.92 Å². The summed E-state index contributed by atoms with van der Waals surface area (Å²) in [4.78, 5) is 17.0. The van der Waals surface area contributed by atoms with Crippen LogP contribution in [0.3, 0.4) is 0 Å². The first kappa shape index (κ1) is 17.1. The highest BCUT2D eigenvalue weighted by atomic mass is 16.5. The molecule has 2 aliphatic rings. The van der Waals surface area contributed by atoms with Crippen molar-refractivity contribution in [2.75, 3.05) is 44.6 Å². The van der Waals surface area contributed by atoms with Crippen LogP contribution in [0.4, 0.5) is 10.5 Å². The number of carbonyl (C=O) groups is 1. The van der Waals surface area contributed by atoms with E-state index in [1.165, 1.54) is 32.4 Å². The Morgan fingerprint density at radius 3 is 2.88 bits per heavy atom. The Bertz CT molecular complexity index is 543. The number of likely N-dealkylation sites (tertiary alicyclic amines) is 2. The van der Waals surface area contributed by atoms with E-state index in [2.05, 4.69) is 10.2 Å². The number of nitrogens with one attached hydrogen (secondary N) is 1. The molecule has 0 saturated carbocycles. The number of anilines is 1. The Morgan fingerprint density at radius 2 is 2.08 bits per heavy atom. The lowest BCUT2D eigenvalue weighted by Crippen LogP contribution is -2.37. The molecule has 2 saturated heterocycles. The summed E-state index contributed by atoms with van der Waals surface area (Å²) in [5.74, 6) is 1.41. The van der Waals surface area contributed by atoms with Gasteiger partial charge in [0.05, 0.1) is 6.61 Å². The minimum absolute atomic E-state index is 0.00444. The number of nitrogens with zero attached hydrogens (tertiary/aromatic N) is 2. The predicted octanol–water partition coefficient (Wildman–Crippen LogP) is 3.43. The highest BCUT2D eigenvalue weighted by Crippen LogP contribution is 2.22. The summed E-state index contributed by atoms with van der Waals surface area (Å²) in [6.07, 6.45) is 5.14. The van der Waals surface area contributed by atoms with Gasteiger partial charge in [0.1, 0.15) is 5.75 Å². The maximum Gasteiger partial charge on any atom is 0.321 e. The third kappa shape index (κ3) is 4.63. The molecule has 1 atom stereocenters. The summed E-state index contributed by atoms with van der Waals surface area (Å²) < 4.78 is 5.48. The van der Waals surface area contributed by atoms with Crippen LogP contribution in [-0.4, -0.2) is 55.2 Å². The average molecular weight is 331 g/mol. The number of hydrogen-bond acceptors (Lipinski definition) is 3. The van der Waals surface area contributed by atoms with Crippen molar-refractivity contribution >= 4 is 11.7 Å². The third-order valence-corrected chi connectivity index (χ3v) is 4.93. The van der Waals surface area contributed by atoms with Crippen LogP contribution in [0.1, 0.15) is 32.6 Å². The summed E-state index contributed by atoms with van der Waals surface area (Å²) in [6.45, 7) is 7.91. The number of benzene rings is 1. The first-order valence-electron chi connectivity index (χ1n) is 9.25. The Labute approximate surface area is 145 Å². The minimum Gasteiger partial charge on any atom is -0.494 e. The maximum atomic E-state index is 12.5. The van der Waals surface area contributed by atoms with Gasteiger partial charge in [-0.05, 0) is 57.3 Å². The third-order valence-electron chi connectivity index (χ3n) is 4.93. The lowest BCUT2D eigenvalue weighted by molar-refractivity contribution is 0.192. The van der Waals surface area contributed by atoms with Gasteiger partial charge in [0.15, 0.2) is 0 Å². The fourth-order valence-electron chi connectivity index (χ4n) is 3.71. The van der Waals surface area contributed by atoms with Gasteiger partial charge in [-0.25, -0.2) is 4.79 Å². The van der Waals surface area contributed by atoms with Gasteiger partial charge in [-0.3, -0.25) is 0 Å². The molecule has 1 aromatic carbocycles. The molecule has 24 heavy (non-hydrogen) atoms. The van der Waals surface area contributed by atoms with Crippen molar-refractivity contribution < 1.29 is 9.53 Å². The van der Waals surface area contributed by atoms with Crippen LogP contribution in [0.15, 0.2) is 24.3 Å². The Hall–Kier alpha value is -1.75. The molecule has 5 nitrogen and oxygen atoms in total. The zero-order chi connectivity index (χ0) is 16.8. The number of carbonyl (C=O) groups excluding carboxylic acids is 1. The Morgan fingerprint density at radius 1 is 1.25 bits per heavy atom. The fraction of sp³-hybridized carbons (Fsp3) is 0.632. The maximum absolute atomic E-state index is 12.5. The molecule has 2 fully saturated rings. The average Bonchev–Trinajstić information content (AvgIpc) is 3.05. The van der Waals surface area contributed by atoms with Crippen LogP contribution in [-0.2, 0) is 0 Å². The molecule has 5 heteroatoms. The molecule has 0 aliphatic carbocycles. The first-order chi connectivity index (χ1) is 11.7. The van der Waals surface area contributed by atoms with Crippen molar-refractivity contribution in [3.8, 4) is 5.75 Å². The van der Waals surface area contributed by atoms with Crippen molar-refractivity contribution in [1.82, 2.24) is 9.80 Å². The number of urea groups is 1. The van der Waals surface area contributed by atoms with Gasteiger partial charge in [0.2, 0.25) is 0 Å². The molecule has 0 spiro atoms. The second kappa shape index (κ2) is 8.38. The lowest BCUT2D eigenvalue weighted by Gasteiger charge is -2.29. The van der Waals surface area contributed by atoms with E-state index in [4.69, 9.17) is 4.74 Å². The monoisotopic (exact) mass is 331 g/mol. The summed E-state index contributed by atoms with van der Waals surface area (Å²) in [5.41, 5.74) is 0.797. The standard InChI is InChI=1S/C19H29N3O2/c1-2-24-18-8-6-7-17(13-18)20-19(23)22-12-9-16(15-22)14-21-10-4-3-5-11-21/h6-8,13,16H,2-5,9-12,14-15H2,1H3,(H,20,23).